The molecule has 1 saturated heterocycles. The van der Waals surface area contributed by atoms with Gasteiger partial charge >= 0.3 is 0 Å². The van der Waals surface area contributed by atoms with Gasteiger partial charge in [-0.05, 0) is 32.4 Å². The third-order valence-corrected chi connectivity index (χ3v) is 2.28. The average molecular weight is 154 g/mol. The highest BCUT2D eigenvalue weighted by Crippen LogP contribution is 2.13. The molecule has 1 rings (SSSR count). The first-order chi connectivity index (χ1) is 5.38. The summed E-state index contributed by atoms with van der Waals surface area (Å²) in [7, 11) is 0. The topological polar surface area (TPSA) is 20.3 Å². The molecule has 2 heteroatoms. The lowest BCUT2D eigenvalue weighted by Crippen LogP contribution is -2.33. The van der Waals surface area contributed by atoms with Crippen molar-refractivity contribution in [1.82, 2.24) is 4.90 Å². The monoisotopic (exact) mass is 154 g/mol. The SMILES string of the molecule is CCCC([C]=O)N1CCCC1. The minimum absolute atomic E-state index is 0.0856. The van der Waals surface area contributed by atoms with Crippen molar-refractivity contribution in [1.29, 1.82) is 0 Å². The van der Waals surface area contributed by atoms with Crippen LogP contribution in [-0.2, 0) is 4.79 Å². The Morgan fingerprint density at radius 1 is 1.45 bits per heavy atom. The van der Waals surface area contributed by atoms with E-state index in [1.165, 1.54) is 12.8 Å². The Kier molecular flexibility index (Phi) is 3.57. The molecule has 11 heavy (non-hydrogen) atoms. The molecule has 0 aromatic carbocycles. The second-order valence-corrected chi connectivity index (χ2v) is 3.17. The number of hydrogen-bond donors (Lipinski definition) is 0. The first-order valence-corrected chi connectivity index (χ1v) is 4.50. The number of carbonyl (C=O) groups excluding carboxylic acids is 1. The first kappa shape index (κ1) is 8.72. The van der Waals surface area contributed by atoms with Gasteiger partial charge in [-0.3, -0.25) is 9.69 Å². The third kappa shape index (κ3) is 2.29. The zero-order valence-corrected chi connectivity index (χ0v) is 7.18. The van der Waals surface area contributed by atoms with Crippen molar-refractivity contribution < 1.29 is 4.79 Å². The molecular weight excluding hydrogens is 138 g/mol. The predicted molar refractivity (Wildman–Crippen MR) is 45.2 cm³/mol. The van der Waals surface area contributed by atoms with Crippen molar-refractivity contribution in [2.75, 3.05) is 13.1 Å². The van der Waals surface area contributed by atoms with Crippen molar-refractivity contribution in [3.05, 3.63) is 0 Å². The molecule has 0 amide bonds. The van der Waals surface area contributed by atoms with Crippen LogP contribution in [0.15, 0.2) is 0 Å². The summed E-state index contributed by atoms with van der Waals surface area (Å²) in [6.45, 7) is 4.31. The molecule has 0 aromatic heterocycles. The Labute approximate surface area is 68.6 Å². The molecule has 1 aliphatic rings. The molecule has 0 bridgehead atoms. The van der Waals surface area contributed by atoms with Gasteiger partial charge in [-0.15, -0.1) is 0 Å². The van der Waals surface area contributed by atoms with Gasteiger partial charge in [0.15, 0.2) is 0 Å². The molecule has 1 atom stereocenters. The number of rotatable bonds is 4. The molecule has 63 valence electrons. The first-order valence-electron chi connectivity index (χ1n) is 4.50. The van der Waals surface area contributed by atoms with E-state index in [2.05, 4.69) is 18.1 Å². The fraction of sp³-hybridized carbons (Fsp3) is 0.889. The van der Waals surface area contributed by atoms with Crippen LogP contribution in [0.4, 0.5) is 0 Å². The quantitative estimate of drug-likeness (QED) is 0.609. The average Bonchev–Trinajstić information content (AvgIpc) is 2.52. The summed E-state index contributed by atoms with van der Waals surface area (Å²) >= 11 is 0. The summed E-state index contributed by atoms with van der Waals surface area (Å²) in [6, 6.07) is 0.0856. The van der Waals surface area contributed by atoms with Crippen molar-refractivity contribution in [2.24, 2.45) is 0 Å². The van der Waals surface area contributed by atoms with Crippen LogP contribution in [0, 0.1) is 0 Å². The lowest BCUT2D eigenvalue weighted by atomic mass is 10.2. The Morgan fingerprint density at radius 3 is 2.55 bits per heavy atom. The van der Waals surface area contributed by atoms with E-state index < -0.39 is 0 Å². The van der Waals surface area contributed by atoms with Crippen LogP contribution in [-0.4, -0.2) is 30.3 Å². The van der Waals surface area contributed by atoms with Crippen LogP contribution < -0.4 is 0 Å². The minimum atomic E-state index is 0.0856. The second kappa shape index (κ2) is 4.50. The summed E-state index contributed by atoms with van der Waals surface area (Å²) in [5.41, 5.74) is 0. The molecule has 0 saturated carbocycles. The predicted octanol–water partition coefficient (Wildman–Crippen LogP) is 1.36. The maximum Gasteiger partial charge on any atom is 0.217 e. The van der Waals surface area contributed by atoms with Crippen molar-refractivity contribution >= 4 is 6.29 Å². The summed E-state index contributed by atoms with van der Waals surface area (Å²) in [5, 5.41) is 0. The number of hydrogen-bond acceptors (Lipinski definition) is 2. The van der Waals surface area contributed by atoms with Crippen LogP contribution in [0.25, 0.3) is 0 Å². The van der Waals surface area contributed by atoms with Crippen molar-refractivity contribution in [2.45, 2.75) is 38.6 Å². The number of nitrogens with zero attached hydrogens (tertiary/aromatic N) is 1. The maximum absolute atomic E-state index is 10.5. The zero-order valence-electron chi connectivity index (χ0n) is 7.18. The van der Waals surface area contributed by atoms with Gasteiger partial charge in [-0.2, -0.15) is 0 Å². The summed E-state index contributed by atoms with van der Waals surface area (Å²) in [6.07, 6.45) is 6.68. The summed E-state index contributed by atoms with van der Waals surface area (Å²) < 4.78 is 0. The van der Waals surface area contributed by atoms with E-state index in [1.807, 2.05) is 0 Å². The molecule has 0 N–H and O–H groups in total. The van der Waals surface area contributed by atoms with Crippen LogP contribution in [0.3, 0.4) is 0 Å². The van der Waals surface area contributed by atoms with Gasteiger partial charge < -0.3 is 0 Å². The van der Waals surface area contributed by atoms with Gasteiger partial charge in [-0.25, -0.2) is 0 Å². The van der Waals surface area contributed by atoms with Crippen molar-refractivity contribution in [3.63, 3.8) is 0 Å². The molecule has 1 radical (unpaired) electrons. The van der Waals surface area contributed by atoms with E-state index in [4.69, 9.17) is 0 Å². The zero-order chi connectivity index (χ0) is 8.10. The number of likely N-dealkylation sites (tertiary alicyclic amines) is 1. The van der Waals surface area contributed by atoms with E-state index in [0.29, 0.717) is 0 Å². The largest absolute Gasteiger partial charge is 0.293 e. The van der Waals surface area contributed by atoms with Crippen LogP contribution in [0.1, 0.15) is 32.6 Å². The highest BCUT2D eigenvalue weighted by atomic mass is 16.1. The Hall–Kier alpha value is -0.370. The van der Waals surface area contributed by atoms with Gasteiger partial charge in [0.25, 0.3) is 0 Å². The molecule has 2 nitrogen and oxygen atoms in total. The minimum Gasteiger partial charge on any atom is -0.293 e. The standard InChI is InChI=1S/C9H16NO/c1-2-5-9(8-11)10-6-3-4-7-10/h9H,2-7H2,1H3. The van der Waals surface area contributed by atoms with Crippen LogP contribution >= 0.6 is 0 Å². The van der Waals surface area contributed by atoms with Gasteiger partial charge in [0.05, 0.1) is 6.04 Å². The Balaban J connectivity index is 2.33. The molecule has 0 spiro atoms. The van der Waals surface area contributed by atoms with Gasteiger partial charge in [-0.1, -0.05) is 13.3 Å². The maximum atomic E-state index is 10.5. The van der Waals surface area contributed by atoms with Gasteiger partial charge in [0, 0.05) is 0 Å². The van der Waals surface area contributed by atoms with Gasteiger partial charge in [0.2, 0.25) is 6.29 Å². The smallest absolute Gasteiger partial charge is 0.217 e. The van der Waals surface area contributed by atoms with Crippen molar-refractivity contribution in [3.8, 4) is 0 Å². The van der Waals surface area contributed by atoms with Crippen LogP contribution in [0.5, 0.6) is 0 Å². The molecule has 1 fully saturated rings. The Bertz CT molecular complexity index is 119. The van der Waals surface area contributed by atoms with Crippen LogP contribution in [0.2, 0.25) is 0 Å². The van der Waals surface area contributed by atoms with E-state index >= 15 is 0 Å². The summed E-state index contributed by atoms with van der Waals surface area (Å²) in [5.74, 6) is 0. The Morgan fingerprint density at radius 2 is 2.09 bits per heavy atom. The second-order valence-electron chi connectivity index (χ2n) is 3.17. The molecule has 1 heterocycles. The van der Waals surface area contributed by atoms with Gasteiger partial charge in [0.1, 0.15) is 0 Å². The molecule has 1 aliphatic heterocycles. The highest BCUT2D eigenvalue weighted by Gasteiger charge is 2.20. The van der Waals surface area contributed by atoms with E-state index in [1.54, 1.807) is 0 Å². The summed E-state index contributed by atoms with van der Waals surface area (Å²) in [4.78, 5) is 12.8. The van der Waals surface area contributed by atoms with E-state index in [-0.39, 0.29) is 6.04 Å². The lowest BCUT2D eigenvalue weighted by Gasteiger charge is -2.20. The van der Waals surface area contributed by atoms with E-state index in [9.17, 15) is 4.79 Å². The molecule has 1 unspecified atom stereocenters. The van der Waals surface area contributed by atoms with E-state index in [0.717, 1.165) is 25.9 Å². The fourth-order valence-electron chi connectivity index (χ4n) is 1.64. The third-order valence-electron chi connectivity index (χ3n) is 2.28. The molecule has 0 aliphatic carbocycles. The highest BCUT2D eigenvalue weighted by molar-refractivity contribution is 5.58. The molecular formula is C9H16NO. The fourth-order valence-corrected chi connectivity index (χ4v) is 1.64. The molecule has 0 aromatic rings. The normalized spacial score (nSPS) is 21.9. The lowest BCUT2D eigenvalue weighted by molar-refractivity contribution is 0.278.